The third kappa shape index (κ3) is 3.84. The number of hydrogen-bond donors (Lipinski definition) is 1. The fraction of sp³-hybridized carbons (Fsp3) is 0.455. The molecule has 88 valence electrons. The zero-order valence-electron chi connectivity index (χ0n) is 9.80. The van der Waals surface area contributed by atoms with E-state index in [0.29, 0.717) is 5.69 Å². The summed E-state index contributed by atoms with van der Waals surface area (Å²) >= 11 is 0. The van der Waals surface area contributed by atoms with Gasteiger partial charge in [-0.2, -0.15) is 0 Å². The van der Waals surface area contributed by atoms with E-state index in [0.717, 1.165) is 0 Å². The van der Waals surface area contributed by atoms with Crippen molar-refractivity contribution < 1.29 is 13.9 Å². The summed E-state index contributed by atoms with van der Waals surface area (Å²) < 4.78 is 18.3. The van der Waals surface area contributed by atoms with Crippen molar-refractivity contribution in [1.29, 1.82) is 0 Å². The van der Waals surface area contributed by atoms with E-state index in [1.807, 2.05) is 0 Å². The minimum atomic E-state index is -0.697. The second-order valence-electron chi connectivity index (χ2n) is 4.43. The Kier molecular flexibility index (Phi) is 3.47. The van der Waals surface area contributed by atoms with Gasteiger partial charge in [0.05, 0.1) is 11.9 Å². The second-order valence-corrected chi connectivity index (χ2v) is 4.43. The highest BCUT2D eigenvalue weighted by Gasteiger charge is 2.17. The van der Waals surface area contributed by atoms with Gasteiger partial charge < -0.3 is 4.74 Å². The average Bonchev–Trinajstić information content (AvgIpc) is 2.06. The van der Waals surface area contributed by atoms with E-state index >= 15 is 0 Å². The molecule has 0 unspecified atom stereocenters. The van der Waals surface area contributed by atoms with Gasteiger partial charge in [0, 0.05) is 5.69 Å². The molecule has 16 heavy (non-hydrogen) atoms. The van der Waals surface area contributed by atoms with Crippen molar-refractivity contribution in [3.63, 3.8) is 0 Å². The topological polar surface area (TPSA) is 51.2 Å². The molecule has 0 atom stereocenters. The van der Waals surface area contributed by atoms with Crippen molar-refractivity contribution in [1.82, 2.24) is 4.98 Å². The maximum atomic E-state index is 13.3. The number of nitrogens with zero attached hydrogens (tertiary/aromatic N) is 1. The van der Waals surface area contributed by atoms with Crippen LogP contribution in [0.1, 0.15) is 26.5 Å². The Hall–Kier alpha value is -1.65. The van der Waals surface area contributed by atoms with Crippen molar-refractivity contribution in [2.24, 2.45) is 0 Å². The smallest absolute Gasteiger partial charge is 0.412 e. The minimum absolute atomic E-state index is 0.0138. The average molecular weight is 226 g/mol. The molecule has 4 nitrogen and oxygen atoms in total. The molecule has 0 radical (unpaired) electrons. The summed E-state index contributed by atoms with van der Waals surface area (Å²) in [6, 6.07) is 1.24. The van der Waals surface area contributed by atoms with Gasteiger partial charge in [-0.1, -0.05) is 0 Å². The SMILES string of the molecule is Cc1cc(F)c(NC(=O)OC(C)(C)C)cn1. The van der Waals surface area contributed by atoms with Gasteiger partial charge in [-0.15, -0.1) is 0 Å². The van der Waals surface area contributed by atoms with Gasteiger partial charge in [0.15, 0.2) is 0 Å². The van der Waals surface area contributed by atoms with Crippen LogP contribution >= 0.6 is 0 Å². The third-order valence-electron chi connectivity index (χ3n) is 1.63. The molecule has 0 fully saturated rings. The van der Waals surface area contributed by atoms with E-state index in [1.54, 1.807) is 27.7 Å². The van der Waals surface area contributed by atoms with Crippen LogP contribution in [0.5, 0.6) is 0 Å². The fourth-order valence-corrected chi connectivity index (χ4v) is 1.03. The van der Waals surface area contributed by atoms with Gasteiger partial charge in [0.25, 0.3) is 0 Å². The molecule has 1 aromatic heterocycles. The first-order valence-corrected chi connectivity index (χ1v) is 4.90. The van der Waals surface area contributed by atoms with E-state index in [1.165, 1.54) is 12.3 Å². The Morgan fingerprint density at radius 1 is 1.50 bits per heavy atom. The number of ether oxygens (including phenoxy) is 1. The largest absolute Gasteiger partial charge is 0.444 e. The lowest BCUT2D eigenvalue weighted by Crippen LogP contribution is -2.27. The molecule has 0 saturated heterocycles. The minimum Gasteiger partial charge on any atom is -0.444 e. The number of pyridine rings is 1. The lowest BCUT2D eigenvalue weighted by Gasteiger charge is -2.19. The maximum Gasteiger partial charge on any atom is 0.412 e. The molecule has 0 saturated carbocycles. The van der Waals surface area contributed by atoms with Crippen molar-refractivity contribution >= 4 is 11.8 Å². The Morgan fingerprint density at radius 2 is 2.12 bits per heavy atom. The fourth-order valence-electron chi connectivity index (χ4n) is 1.03. The zero-order chi connectivity index (χ0) is 12.3. The van der Waals surface area contributed by atoms with Crippen LogP contribution in [-0.2, 0) is 4.74 Å². The predicted molar refractivity (Wildman–Crippen MR) is 58.8 cm³/mol. The first kappa shape index (κ1) is 12.4. The summed E-state index contributed by atoms with van der Waals surface area (Å²) in [4.78, 5) is 15.2. The Balaban J connectivity index is 2.70. The normalized spacial score (nSPS) is 11.1. The number of nitrogens with one attached hydrogen (secondary N) is 1. The molecule has 1 heterocycles. The molecular formula is C11H15FN2O2. The maximum absolute atomic E-state index is 13.3. The summed E-state index contributed by atoms with van der Waals surface area (Å²) in [6.45, 7) is 6.86. The van der Waals surface area contributed by atoms with Crippen molar-refractivity contribution in [3.8, 4) is 0 Å². The second kappa shape index (κ2) is 4.47. The Bertz CT molecular complexity index is 399. The van der Waals surface area contributed by atoms with Crippen molar-refractivity contribution in [2.45, 2.75) is 33.3 Å². The molecule has 0 aliphatic rings. The number of carbonyl (C=O) groups is 1. The van der Waals surface area contributed by atoms with Gasteiger partial charge in [-0.25, -0.2) is 9.18 Å². The van der Waals surface area contributed by atoms with Crippen LogP contribution in [0.2, 0.25) is 0 Å². The van der Waals surface area contributed by atoms with Gasteiger partial charge >= 0.3 is 6.09 Å². The van der Waals surface area contributed by atoms with Crippen LogP contribution < -0.4 is 5.32 Å². The van der Waals surface area contributed by atoms with Crippen LogP contribution in [0.15, 0.2) is 12.3 Å². The monoisotopic (exact) mass is 226 g/mol. The standard InChI is InChI=1S/C11H15FN2O2/c1-7-5-8(12)9(6-13-7)14-10(15)16-11(2,3)4/h5-6H,1-4H3,(H,14,15). The number of anilines is 1. The highest BCUT2D eigenvalue weighted by atomic mass is 19.1. The highest BCUT2D eigenvalue weighted by molar-refractivity contribution is 5.84. The number of aromatic nitrogens is 1. The third-order valence-corrected chi connectivity index (χ3v) is 1.63. The molecule has 1 amide bonds. The first-order valence-electron chi connectivity index (χ1n) is 4.90. The van der Waals surface area contributed by atoms with Gasteiger partial charge in [-0.3, -0.25) is 10.3 Å². The van der Waals surface area contributed by atoms with Crippen LogP contribution in [0.4, 0.5) is 14.9 Å². The van der Waals surface area contributed by atoms with E-state index in [9.17, 15) is 9.18 Å². The summed E-state index contributed by atoms with van der Waals surface area (Å²) in [7, 11) is 0. The number of carbonyl (C=O) groups excluding carboxylic acids is 1. The lowest BCUT2D eigenvalue weighted by molar-refractivity contribution is 0.0635. The molecule has 1 aromatic rings. The van der Waals surface area contributed by atoms with Crippen molar-refractivity contribution in [3.05, 3.63) is 23.8 Å². The van der Waals surface area contributed by atoms with E-state index in [-0.39, 0.29) is 5.69 Å². The number of amides is 1. The summed E-state index contributed by atoms with van der Waals surface area (Å²) in [5.74, 6) is -0.529. The molecule has 0 aliphatic heterocycles. The molecule has 1 rings (SSSR count). The first-order chi connectivity index (χ1) is 7.28. The summed E-state index contributed by atoms with van der Waals surface area (Å²) in [5.41, 5.74) is -0.0503. The van der Waals surface area contributed by atoms with Gasteiger partial charge in [0.2, 0.25) is 0 Å². The molecule has 5 heteroatoms. The van der Waals surface area contributed by atoms with E-state index in [4.69, 9.17) is 4.74 Å². The Morgan fingerprint density at radius 3 is 2.62 bits per heavy atom. The van der Waals surface area contributed by atoms with Crippen LogP contribution in [0.25, 0.3) is 0 Å². The van der Waals surface area contributed by atoms with Crippen LogP contribution in [-0.4, -0.2) is 16.7 Å². The Labute approximate surface area is 93.8 Å². The van der Waals surface area contributed by atoms with Crippen LogP contribution in [0, 0.1) is 12.7 Å². The molecule has 0 spiro atoms. The quantitative estimate of drug-likeness (QED) is 0.801. The molecule has 1 N–H and O–H groups in total. The number of aryl methyl sites for hydroxylation is 1. The molecule has 0 aromatic carbocycles. The number of halogens is 1. The summed E-state index contributed by atoms with van der Waals surface area (Å²) in [5, 5.41) is 2.30. The zero-order valence-corrected chi connectivity index (χ0v) is 9.80. The van der Waals surface area contributed by atoms with Crippen molar-refractivity contribution in [2.75, 3.05) is 5.32 Å². The highest BCUT2D eigenvalue weighted by Crippen LogP contribution is 2.15. The molecule has 0 bridgehead atoms. The number of hydrogen-bond acceptors (Lipinski definition) is 3. The van der Waals surface area contributed by atoms with Gasteiger partial charge in [0.1, 0.15) is 11.4 Å². The van der Waals surface area contributed by atoms with E-state index in [2.05, 4.69) is 10.3 Å². The van der Waals surface area contributed by atoms with E-state index < -0.39 is 17.5 Å². The van der Waals surface area contributed by atoms with Crippen LogP contribution in [0.3, 0.4) is 0 Å². The lowest BCUT2D eigenvalue weighted by atomic mass is 10.2. The number of rotatable bonds is 1. The molecular weight excluding hydrogens is 211 g/mol. The molecule has 0 aliphatic carbocycles. The summed E-state index contributed by atoms with van der Waals surface area (Å²) in [6.07, 6.45) is 0.561. The van der Waals surface area contributed by atoms with Gasteiger partial charge in [-0.05, 0) is 33.8 Å². The predicted octanol–water partition coefficient (Wildman–Crippen LogP) is 2.88.